The molecule has 0 N–H and O–H groups in total. The number of carbonyl (C=O) groups is 1. The second kappa shape index (κ2) is 3.78. The van der Waals surface area contributed by atoms with Gasteiger partial charge >= 0.3 is 0 Å². The number of rotatable bonds is 2. The summed E-state index contributed by atoms with van der Waals surface area (Å²) in [6.45, 7) is 5.96. The second-order valence-electron chi connectivity index (χ2n) is 4.64. The van der Waals surface area contributed by atoms with E-state index < -0.39 is 0 Å². The Hall–Kier alpha value is -1.57. The van der Waals surface area contributed by atoms with Crippen molar-refractivity contribution in [3.05, 3.63) is 35.5 Å². The van der Waals surface area contributed by atoms with Gasteiger partial charge in [-0.05, 0) is 36.6 Å². The molecule has 1 heterocycles. The molecule has 0 aliphatic carbocycles. The van der Waals surface area contributed by atoms with Crippen LogP contribution in [0.4, 0.5) is 0 Å². The van der Waals surface area contributed by atoms with Crippen molar-refractivity contribution in [3.8, 4) is 0 Å². The maximum absolute atomic E-state index is 11.4. The van der Waals surface area contributed by atoms with Crippen molar-refractivity contribution in [1.82, 2.24) is 4.57 Å². The molecule has 0 aliphatic heterocycles. The second-order valence-corrected chi connectivity index (χ2v) is 4.64. The van der Waals surface area contributed by atoms with Crippen LogP contribution in [0.3, 0.4) is 0 Å². The molecule has 2 nitrogen and oxygen atoms in total. The zero-order chi connectivity index (χ0) is 11.9. The van der Waals surface area contributed by atoms with Crippen molar-refractivity contribution in [1.29, 1.82) is 0 Å². The van der Waals surface area contributed by atoms with Gasteiger partial charge in [0.25, 0.3) is 0 Å². The Balaban J connectivity index is 2.74. The van der Waals surface area contributed by atoms with Gasteiger partial charge in [-0.25, -0.2) is 0 Å². The summed E-state index contributed by atoms with van der Waals surface area (Å²) in [6.07, 6.45) is 2.15. The number of aryl methyl sites for hydroxylation is 1. The van der Waals surface area contributed by atoms with E-state index in [4.69, 9.17) is 0 Å². The molecular weight excluding hydrogens is 198 g/mol. The van der Waals surface area contributed by atoms with Gasteiger partial charge in [-0.15, -0.1) is 0 Å². The maximum Gasteiger partial charge on any atom is 0.159 e. The van der Waals surface area contributed by atoms with Gasteiger partial charge in [0.1, 0.15) is 0 Å². The molecule has 84 valence electrons. The van der Waals surface area contributed by atoms with E-state index in [9.17, 15) is 4.79 Å². The summed E-state index contributed by atoms with van der Waals surface area (Å²) in [5.74, 6) is 0.603. The highest BCUT2D eigenvalue weighted by Gasteiger charge is 2.11. The van der Waals surface area contributed by atoms with Crippen LogP contribution in [0.1, 0.15) is 42.6 Å². The molecule has 0 atom stereocenters. The number of aromatic nitrogens is 1. The molecule has 0 bridgehead atoms. The fraction of sp³-hybridized carbons (Fsp3) is 0.357. The van der Waals surface area contributed by atoms with Crippen LogP contribution in [0.2, 0.25) is 0 Å². The van der Waals surface area contributed by atoms with Gasteiger partial charge in [-0.1, -0.05) is 13.8 Å². The third-order valence-electron chi connectivity index (χ3n) is 3.05. The van der Waals surface area contributed by atoms with Gasteiger partial charge in [0, 0.05) is 29.7 Å². The average Bonchev–Trinajstić information content (AvgIpc) is 2.56. The van der Waals surface area contributed by atoms with E-state index in [0.29, 0.717) is 5.92 Å². The smallest absolute Gasteiger partial charge is 0.159 e. The zero-order valence-corrected chi connectivity index (χ0v) is 10.2. The van der Waals surface area contributed by atoms with Gasteiger partial charge < -0.3 is 4.57 Å². The molecule has 0 saturated carbocycles. The lowest BCUT2D eigenvalue weighted by Gasteiger charge is -2.03. The molecule has 2 rings (SSSR count). The Morgan fingerprint density at radius 1 is 1.31 bits per heavy atom. The lowest BCUT2D eigenvalue weighted by atomic mass is 10.0. The Bertz CT molecular complexity index is 549. The lowest BCUT2D eigenvalue weighted by Crippen LogP contribution is -1.92. The Morgan fingerprint density at radius 3 is 2.56 bits per heavy atom. The van der Waals surface area contributed by atoms with E-state index in [0.717, 1.165) is 5.56 Å². The van der Waals surface area contributed by atoms with E-state index >= 15 is 0 Å². The highest BCUT2D eigenvalue weighted by Crippen LogP contribution is 2.27. The zero-order valence-electron chi connectivity index (χ0n) is 10.2. The number of hydrogen-bond donors (Lipinski definition) is 0. The highest BCUT2D eigenvalue weighted by molar-refractivity contribution is 5.98. The van der Waals surface area contributed by atoms with E-state index in [1.807, 2.05) is 25.2 Å². The first kappa shape index (κ1) is 10.9. The van der Waals surface area contributed by atoms with E-state index in [2.05, 4.69) is 24.6 Å². The predicted molar refractivity (Wildman–Crippen MR) is 67.0 cm³/mol. The van der Waals surface area contributed by atoms with Crippen LogP contribution in [0.5, 0.6) is 0 Å². The molecule has 1 aromatic heterocycles. The van der Waals surface area contributed by atoms with Gasteiger partial charge in [0.15, 0.2) is 5.78 Å². The standard InChI is InChI=1S/C14H17NO/c1-9(2)13-8-15(4)14-6-5-11(10(3)16)7-12(13)14/h5-9H,1-4H3. The summed E-state index contributed by atoms with van der Waals surface area (Å²) < 4.78 is 2.12. The number of fused-ring (bicyclic) bond motifs is 1. The molecule has 16 heavy (non-hydrogen) atoms. The fourth-order valence-corrected chi connectivity index (χ4v) is 2.10. The van der Waals surface area contributed by atoms with Crippen LogP contribution >= 0.6 is 0 Å². The van der Waals surface area contributed by atoms with Gasteiger partial charge in [0.2, 0.25) is 0 Å². The normalized spacial score (nSPS) is 11.3. The third-order valence-corrected chi connectivity index (χ3v) is 3.05. The van der Waals surface area contributed by atoms with E-state index in [1.54, 1.807) is 6.92 Å². The number of hydrogen-bond acceptors (Lipinski definition) is 1. The monoisotopic (exact) mass is 215 g/mol. The van der Waals surface area contributed by atoms with Gasteiger partial charge in [-0.2, -0.15) is 0 Å². The number of nitrogens with zero attached hydrogens (tertiary/aromatic N) is 1. The molecular formula is C14H17NO. The summed E-state index contributed by atoms with van der Waals surface area (Å²) in [5, 5.41) is 1.20. The Kier molecular flexibility index (Phi) is 2.58. The minimum absolute atomic E-state index is 0.125. The van der Waals surface area contributed by atoms with Crippen molar-refractivity contribution in [3.63, 3.8) is 0 Å². The van der Waals surface area contributed by atoms with Crippen molar-refractivity contribution in [2.24, 2.45) is 7.05 Å². The minimum atomic E-state index is 0.125. The van der Waals surface area contributed by atoms with Gasteiger partial charge in [-0.3, -0.25) is 4.79 Å². The first-order valence-corrected chi connectivity index (χ1v) is 5.60. The van der Waals surface area contributed by atoms with Crippen LogP contribution < -0.4 is 0 Å². The van der Waals surface area contributed by atoms with Crippen molar-refractivity contribution in [2.45, 2.75) is 26.7 Å². The fourth-order valence-electron chi connectivity index (χ4n) is 2.10. The quantitative estimate of drug-likeness (QED) is 0.703. The number of carbonyl (C=O) groups excluding carboxylic acids is 1. The number of ketones is 1. The molecule has 0 saturated heterocycles. The SMILES string of the molecule is CC(=O)c1ccc2c(c1)c(C(C)C)cn2C. The molecule has 2 heteroatoms. The van der Waals surface area contributed by atoms with Crippen LogP contribution in [0.25, 0.3) is 10.9 Å². The largest absolute Gasteiger partial charge is 0.350 e. The van der Waals surface area contributed by atoms with Crippen LogP contribution in [-0.2, 0) is 7.05 Å². The third kappa shape index (κ3) is 1.64. The van der Waals surface area contributed by atoms with Crippen LogP contribution in [-0.4, -0.2) is 10.4 Å². The van der Waals surface area contributed by atoms with E-state index in [-0.39, 0.29) is 5.78 Å². The summed E-state index contributed by atoms with van der Waals surface area (Å²) in [5.41, 5.74) is 3.29. The predicted octanol–water partition coefficient (Wildman–Crippen LogP) is 3.50. The molecule has 1 aromatic carbocycles. The molecule has 0 fully saturated rings. The summed E-state index contributed by atoms with van der Waals surface area (Å²) in [6, 6.07) is 5.93. The molecule has 0 aliphatic rings. The summed E-state index contributed by atoms with van der Waals surface area (Å²) in [7, 11) is 2.04. The summed E-state index contributed by atoms with van der Waals surface area (Å²) in [4.78, 5) is 11.4. The Labute approximate surface area is 95.9 Å². The minimum Gasteiger partial charge on any atom is -0.350 e. The number of benzene rings is 1. The van der Waals surface area contributed by atoms with Gasteiger partial charge in [0.05, 0.1) is 0 Å². The van der Waals surface area contributed by atoms with Crippen LogP contribution in [0, 0.1) is 0 Å². The number of Topliss-reactive ketones (excluding diaryl/α,β-unsaturated/α-hetero) is 1. The van der Waals surface area contributed by atoms with Crippen molar-refractivity contribution >= 4 is 16.7 Å². The lowest BCUT2D eigenvalue weighted by molar-refractivity contribution is 0.101. The van der Waals surface area contributed by atoms with E-state index in [1.165, 1.54) is 16.5 Å². The Morgan fingerprint density at radius 2 is 2.00 bits per heavy atom. The highest BCUT2D eigenvalue weighted by atomic mass is 16.1. The molecule has 0 unspecified atom stereocenters. The van der Waals surface area contributed by atoms with Crippen molar-refractivity contribution < 1.29 is 4.79 Å². The van der Waals surface area contributed by atoms with Crippen molar-refractivity contribution in [2.75, 3.05) is 0 Å². The van der Waals surface area contributed by atoms with Crippen LogP contribution in [0.15, 0.2) is 24.4 Å². The first-order chi connectivity index (χ1) is 7.50. The average molecular weight is 215 g/mol. The maximum atomic E-state index is 11.4. The topological polar surface area (TPSA) is 22.0 Å². The molecule has 0 radical (unpaired) electrons. The molecule has 0 amide bonds. The summed E-state index contributed by atoms with van der Waals surface area (Å²) >= 11 is 0. The molecule has 2 aromatic rings. The molecule has 0 spiro atoms. The first-order valence-electron chi connectivity index (χ1n) is 5.60.